The van der Waals surface area contributed by atoms with Crippen molar-refractivity contribution in [1.29, 1.82) is 0 Å². The van der Waals surface area contributed by atoms with E-state index < -0.39 is 13.8 Å². The maximum Gasteiger partial charge on any atom is 0.333 e. The largest absolute Gasteiger partial charge is 0.360 e. The number of rotatable bonds is 3. The number of aromatic nitrogens is 1. The van der Waals surface area contributed by atoms with Crippen LogP contribution in [0.1, 0.15) is 5.76 Å². The van der Waals surface area contributed by atoms with Gasteiger partial charge in [-0.3, -0.25) is 4.57 Å². The lowest BCUT2D eigenvalue weighted by Gasteiger charge is -1.97. The van der Waals surface area contributed by atoms with Crippen molar-refractivity contribution in [3.05, 3.63) is 41.1 Å². The Morgan fingerprint density at radius 3 is 2.53 bits per heavy atom. The summed E-state index contributed by atoms with van der Waals surface area (Å²) in [6.07, 6.45) is -0.451. The molecule has 1 heterocycles. The van der Waals surface area contributed by atoms with E-state index >= 15 is 0 Å². The van der Waals surface area contributed by atoms with Gasteiger partial charge in [0.05, 0.1) is 0 Å². The van der Waals surface area contributed by atoms with E-state index in [4.69, 9.17) is 25.9 Å². The van der Waals surface area contributed by atoms with Crippen LogP contribution in [0.2, 0.25) is 5.02 Å². The highest BCUT2D eigenvalue weighted by Gasteiger charge is 2.18. The van der Waals surface area contributed by atoms with Crippen molar-refractivity contribution >= 4 is 19.2 Å². The summed E-state index contributed by atoms with van der Waals surface area (Å²) in [5.41, 5.74) is 1.29. The van der Waals surface area contributed by atoms with Gasteiger partial charge < -0.3 is 14.3 Å². The summed E-state index contributed by atoms with van der Waals surface area (Å²) in [5, 5.41) is 4.34. The van der Waals surface area contributed by atoms with Crippen LogP contribution < -0.4 is 0 Å². The fraction of sp³-hybridized carbons (Fsp3) is 0.100. The summed E-state index contributed by atoms with van der Waals surface area (Å²) in [6.45, 7) is 0. The lowest BCUT2D eigenvalue weighted by atomic mass is 10.1. The van der Waals surface area contributed by atoms with E-state index in [2.05, 4.69) is 5.16 Å². The van der Waals surface area contributed by atoms with Crippen LogP contribution in [0.15, 0.2) is 34.9 Å². The van der Waals surface area contributed by atoms with Gasteiger partial charge in [0, 0.05) is 16.7 Å². The van der Waals surface area contributed by atoms with Crippen LogP contribution in [0.5, 0.6) is 0 Å². The molecule has 7 heteroatoms. The third-order valence-corrected chi connectivity index (χ3v) is 3.04. The molecule has 0 unspecified atom stereocenters. The molecular formula is C10H9ClNO4P. The molecule has 5 nitrogen and oxygen atoms in total. The second-order valence-electron chi connectivity index (χ2n) is 3.51. The summed E-state index contributed by atoms with van der Waals surface area (Å²) in [7, 11) is -4.13. The first-order valence-corrected chi connectivity index (χ1v) is 6.88. The molecule has 0 atom stereocenters. The zero-order valence-electron chi connectivity index (χ0n) is 8.58. The molecule has 2 N–H and O–H groups in total. The molecule has 90 valence electrons. The molecule has 0 aliphatic rings. The first-order chi connectivity index (χ1) is 7.94. The minimum Gasteiger partial charge on any atom is -0.360 e. The van der Waals surface area contributed by atoms with Crippen molar-refractivity contribution < 1.29 is 18.9 Å². The Labute approximate surface area is 102 Å². The molecule has 0 spiro atoms. The van der Waals surface area contributed by atoms with Crippen LogP contribution in [0, 0.1) is 0 Å². The Bertz CT molecular complexity index is 560. The summed E-state index contributed by atoms with van der Waals surface area (Å²) in [6, 6.07) is 8.41. The molecule has 0 aliphatic heterocycles. The zero-order valence-corrected chi connectivity index (χ0v) is 10.2. The quantitative estimate of drug-likeness (QED) is 0.840. The Morgan fingerprint density at radius 1 is 1.29 bits per heavy atom. The predicted molar refractivity (Wildman–Crippen MR) is 62.7 cm³/mol. The minimum atomic E-state index is -4.13. The lowest BCUT2D eigenvalue weighted by molar-refractivity contribution is 0.351. The van der Waals surface area contributed by atoms with Gasteiger partial charge in [-0.1, -0.05) is 28.9 Å². The van der Waals surface area contributed by atoms with Gasteiger partial charge in [0.15, 0.2) is 0 Å². The molecule has 0 bridgehead atoms. The molecule has 0 amide bonds. The Kier molecular flexibility index (Phi) is 3.35. The number of nitrogens with zero attached hydrogens (tertiary/aromatic N) is 1. The second-order valence-corrected chi connectivity index (χ2v) is 5.59. The van der Waals surface area contributed by atoms with Crippen molar-refractivity contribution in [2.24, 2.45) is 0 Å². The number of halogens is 1. The number of hydrogen-bond acceptors (Lipinski definition) is 3. The fourth-order valence-corrected chi connectivity index (χ4v) is 2.03. The summed E-state index contributed by atoms with van der Waals surface area (Å²) < 4.78 is 15.6. The Hall–Kier alpha value is -1.13. The highest BCUT2D eigenvalue weighted by Crippen LogP contribution is 2.39. The van der Waals surface area contributed by atoms with Crippen LogP contribution >= 0.6 is 19.2 Å². The summed E-state index contributed by atoms with van der Waals surface area (Å²) in [5.74, 6) is 0.156. The molecule has 0 saturated carbocycles. The Balaban J connectivity index is 2.24. The van der Waals surface area contributed by atoms with Gasteiger partial charge in [-0.15, -0.1) is 0 Å². The second kappa shape index (κ2) is 4.63. The number of benzene rings is 1. The molecule has 0 saturated heterocycles. The first kappa shape index (κ1) is 12.3. The number of hydrogen-bond donors (Lipinski definition) is 2. The highest BCUT2D eigenvalue weighted by atomic mass is 35.5. The first-order valence-electron chi connectivity index (χ1n) is 4.70. The standard InChI is InChI=1S/C10H9ClNO4P/c11-8-3-1-7(2-4-8)10-5-9(16-12-10)6-17(13,14)15/h1-5H,6H2,(H2,13,14,15). The normalized spacial score (nSPS) is 11.7. The van der Waals surface area contributed by atoms with E-state index in [1.807, 2.05) is 0 Å². The third kappa shape index (κ3) is 3.41. The lowest BCUT2D eigenvalue weighted by Crippen LogP contribution is -1.82. The van der Waals surface area contributed by atoms with Crippen LogP contribution in [-0.2, 0) is 10.7 Å². The van der Waals surface area contributed by atoms with E-state index in [-0.39, 0.29) is 5.76 Å². The highest BCUT2D eigenvalue weighted by molar-refractivity contribution is 7.50. The van der Waals surface area contributed by atoms with E-state index in [1.165, 1.54) is 6.07 Å². The monoisotopic (exact) mass is 273 g/mol. The summed E-state index contributed by atoms with van der Waals surface area (Å²) >= 11 is 5.74. The molecule has 0 aliphatic carbocycles. The van der Waals surface area contributed by atoms with Crippen molar-refractivity contribution in [3.63, 3.8) is 0 Å². The third-order valence-electron chi connectivity index (χ3n) is 2.06. The average Bonchev–Trinajstić information content (AvgIpc) is 2.64. The molecule has 2 rings (SSSR count). The average molecular weight is 274 g/mol. The van der Waals surface area contributed by atoms with Crippen LogP contribution in [0.25, 0.3) is 11.3 Å². The molecular weight excluding hydrogens is 265 g/mol. The van der Waals surface area contributed by atoms with Crippen molar-refractivity contribution in [2.45, 2.75) is 6.16 Å². The van der Waals surface area contributed by atoms with Crippen molar-refractivity contribution in [1.82, 2.24) is 5.16 Å². The molecule has 0 fully saturated rings. The van der Waals surface area contributed by atoms with E-state index in [0.29, 0.717) is 10.7 Å². The molecule has 0 radical (unpaired) electrons. The zero-order chi connectivity index (χ0) is 12.5. The van der Waals surface area contributed by atoms with Gasteiger partial charge >= 0.3 is 7.60 Å². The molecule has 17 heavy (non-hydrogen) atoms. The van der Waals surface area contributed by atoms with Crippen molar-refractivity contribution in [2.75, 3.05) is 0 Å². The van der Waals surface area contributed by atoms with E-state index in [0.717, 1.165) is 5.56 Å². The van der Waals surface area contributed by atoms with E-state index in [1.54, 1.807) is 24.3 Å². The van der Waals surface area contributed by atoms with Gasteiger partial charge in [-0.05, 0) is 12.1 Å². The maximum atomic E-state index is 10.8. The maximum absolute atomic E-state index is 10.8. The van der Waals surface area contributed by atoms with Crippen LogP contribution in [0.3, 0.4) is 0 Å². The molecule has 2 aromatic rings. The predicted octanol–water partition coefficient (Wildman–Crippen LogP) is 2.67. The van der Waals surface area contributed by atoms with Gasteiger partial charge in [-0.25, -0.2) is 0 Å². The topological polar surface area (TPSA) is 83.6 Å². The van der Waals surface area contributed by atoms with Gasteiger partial charge in [0.1, 0.15) is 17.6 Å². The molecule has 1 aromatic heterocycles. The SMILES string of the molecule is O=P(O)(O)Cc1cc(-c2ccc(Cl)cc2)no1. The van der Waals surface area contributed by atoms with Gasteiger partial charge in [0.25, 0.3) is 0 Å². The Morgan fingerprint density at radius 2 is 1.94 bits per heavy atom. The fourth-order valence-electron chi connectivity index (χ4n) is 1.35. The van der Waals surface area contributed by atoms with Crippen molar-refractivity contribution in [3.8, 4) is 11.3 Å². The van der Waals surface area contributed by atoms with Crippen LogP contribution in [-0.4, -0.2) is 14.9 Å². The summed E-state index contributed by atoms with van der Waals surface area (Å²) in [4.78, 5) is 17.6. The minimum absolute atomic E-state index is 0.156. The van der Waals surface area contributed by atoms with Gasteiger partial charge in [0.2, 0.25) is 0 Å². The smallest absolute Gasteiger partial charge is 0.333 e. The molecule has 1 aromatic carbocycles. The van der Waals surface area contributed by atoms with Gasteiger partial charge in [-0.2, -0.15) is 0 Å². The van der Waals surface area contributed by atoms with Crippen LogP contribution in [0.4, 0.5) is 0 Å². The van der Waals surface area contributed by atoms with E-state index in [9.17, 15) is 4.57 Å².